The molecule has 0 unspecified atom stereocenters. The molecule has 6 rings (SSSR count). The van der Waals surface area contributed by atoms with E-state index in [4.69, 9.17) is 10.7 Å². The number of piperidine rings is 1. The molecule has 0 aliphatic carbocycles. The molecule has 3 atom stereocenters. The minimum atomic E-state index is -4.55. The Kier molecular flexibility index (Phi) is 6.54. The third kappa shape index (κ3) is 4.62. The van der Waals surface area contributed by atoms with Crippen molar-refractivity contribution < 1.29 is 28.2 Å². The molecule has 2 saturated heterocycles. The summed E-state index contributed by atoms with van der Waals surface area (Å²) in [5.41, 5.74) is 6.11. The average molecular weight is 566 g/mol. The van der Waals surface area contributed by atoms with Gasteiger partial charge in [0.1, 0.15) is 28.5 Å². The van der Waals surface area contributed by atoms with E-state index in [1.165, 1.54) is 19.1 Å². The third-order valence-electron chi connectivity index (χ3n) is 8.54. The molecular formula is C30H30F3N5O3. The number of aliphatic hydroxyl groups excluding tert-OH is 1. The number of amides is 1. The molecule has 214 valence electrons. The minimum Gasteiger partial charge on any atom is -0.392 e. The Balaban J connectivity index is 1.42. The van der Waals surface area contributed by atoms with E-state index < -0.39 is 23.9 Å². The van der Waals surface area contributed by atoms with Gasteiger partial charge in [0.15, 0.2) is 0 Å². The maximum absolute atomic E-state index is 13.3. The molecule has 0 spiro atoms. The van der Waals surface area contributed by atoms with Crippen LogP contribution in [-0.4, -0.2) is 48.0 Å². The zero-order valence-corrected chi connectivity index (χ0v) is 22.4. The van der Waals surface area contributed by atoms with Crippen molar-refractivity contribution >= 4 is 17.2 Å². The molecule has 0 saturated carbocycles. The molecular weight excluding hydrogens is 535 g/mol. The monoisotopic (exact) mass is 565 g/mol. The predicted octanol–water partition coefficient (Wildman–Crippen LogP) is 4.61. The van der Waals surface area contributed by atoms with Gasteiger partial charge in [-0.1, -0.05) is 24.3 Å². The summed E-state index contributed by atoms with van der Waals surface area (Å²) in [4.78, 5) is 23.7. The Morgan fingerprint density at radius 3 is 2.59 bits per heavy atom. The van der Waals surface area contributed by atoms with E-state index in [1.807, 2.05) is 9.30 Å². The fourth-order valence-electron chi connectivity index (χ4n) is 6.26. The van der Waals surface area contributed by atoms with Crippen molar-refractivity contribution in [2.24, 2.45) is 0 Å². The Labute approximate surface area is 234 Å². The Morgan fingerprint density at radius 1 is 1.07 bits per heavy atom. The number of halogens is 3. The summed E-state index contributed by atoms with van der Waals surface area (Å²) in [6.07, 6.45) is 2.02. The number of anilines is 1. The van der Waals surface area contributed by atoms with E-state index in [0.29, 0.717) is 40.9 Å². The highest BCUT2D eigenvalue weighted by Gasteiger charge is 2.39. The molecule has 4 aromatic rings. The number of nitrogen functional groups attached to an aromatic ring is 1. The molecule has 2 aromatic carbocycles. The van der Waals surface area contributed by atoms with Crippen molar-refractivity contribution in [1.82, 2.24) is 19.3 Å². The summed E-state index contributed by atoms with van der Waals surface area (Å²) < 4.78 is 41.9. The van der Waals surface area contributed by atoms with Gasteiger partial charge in [-0.25, -0.2) is 9.97 Å². The van der Waals surface area contributed by atoms with Crippen LogP contribution >= 0.6 is 0 Å². The highest BCUT2D eigenvalue weighted by molar-refractivity contribution is 5.87. The summed E-state index contributed by atoms with van der Waals surface area (Å²) >= 11 is 0. The van der Waals surface area contributed by atoms with Gasteiger partial charge in [0.05, 0.1) is 12.2 Å². The predicted molar refractivity (Wildman–Crippen MR) is 146 cm³/mol. The first-order valence-electron chi connectivity index (χ1n) is 13.6. The zero-order chi connectivity index (χ0) is 29.1. The lowest BCUT2D eigenvalue weighted by Gasteiger charge is -2.34. The second kappa shape index (κ2) is 9.85. The summed E-state index contributed by atoms with van der Waals surface area (Å²) in [5, 5.41) is 21.7. The molecule has 2 aliphatic heterocycles. The van der Waals surface area contributed by atoms with Crippen LogP contribution in [0.2, 0.25) is 0 Å². The lowest BCUT2D eigenvalue weighted by Crippen LogP contribution is -2.41. The molecule has 4 heterocycles. The standard InChI is InChI=1S/C30H30F3N5O3/c1-29(41,19-3-2-4-21(14-19)30(31,32)33)20-6-9-23(18(13-20)16-39)25-26-27(34)35-11-12-37(26)28(36-25)17-5-7-22-8-10-24(40)38(22)15-17/h2-4,6,9,11-14,17,22,39,41H,5,7-8,10,15-16H2,1H3,(H2,34,35)/t17-,22+,29-/m1/s1. The van der Waals surface area contributed by atoms with Gasteiger partial charge < -0.3 is 20.8 Å². The van der Waals surface area contributed by atoms with Crippen molar-refractivity contribution in [3.8, 4) is 11.3 Å². The number of nitrogens with two attached hydrogens (primary N) is 1. The number of nitrogens with zero attached hydrogens (tertiary/aromatic N) is 4. The summed E-state index contributed by atoms with van der Waals surface area (Å²) in [6, 6.07) is 9.70. The van der Waals surface area contributed by atoms with E-state index >= 15 is 0 Å². The summed E-state index contributed by atoms with van der Waals surface area (Å²) in [7, 11) is 0. The molecule has 2 aromatic heterocycles. The number of carbonyl (C=O) groups excluding carboxylic acids is 1. The molecule has 1 amide bonds. The molecule has 0 bridgehead atoms. The summed E-state index contributed by atoms with van der Waals surface area (Å²) in [5.74, 6) is 1.13. The normalized spacial score (nSPS) is 20.8. The topological polar surface area (TPSA) is 117 Å². The van der Waals surface area contributed by atoms with Crippen LogP contribution in [0.1, 0.15) is 66.6 Å². The van der Waals surface area contributed by atoms with Crippen molar-refractivity contribution in [3.63, 3.8) is 0 Å². The van der Waals surface area contributed by atoms with E-state index in [9.17, 15) is 28.2 Å². The molecule has 2 aliphatic rings. The number of hydrogen-bond acceptors (Lipinski definition) is 6. The number of fused-ring (bicyclic) bond motifs is 2. The van der Waals surface area contributed by atoms with Crippen molar-refractivity contribution in [3.05, 3.63) is 82.9 Å². The van der Waals surface area contributed by atoms with Crippen LogP contribution in [0, 0.1) is 0 Å². The molecule has 0 radical (unpaired) electrons. The number of carbonyl (C=O) groups is 1. The van der Waals surface area contributed by atoms with E-state index in [1.54, 1.807) is 30.6 Å². The number of rotatable bonds is 5. The first-order chi connectivity index (χ1) is 19.5. The SMILES string of the molecule is C[C@@](O)(c1cccc(C(F)(F)F)c1)c1ccc(-c2nc([C@@H]3CC[C@H]4CCC(=O)N4C3)n3ccnc(N)c23)c(CO)c1. The first kappa shape index (κ1) is 27.2. The maximum atomic E-state index is 13.3. The van der Waals surface area contributed by atoms with E-state index in [0.717, 1.165) is 37.2 Å². The van der Waals surface area contributed by atoms with Crippen molar-refractivity contribution in [2.75, 3.05) is 12.3 Å². The van der Waals surface area contributed by atoms with Gasteiger partial charge in [0, 0.05) is 42.9 Å². The van der Waals surface area contributed by atoms with Gasteiger partial charge in [-0.05, 0) is 61.1 Å². The maximum Gasteiger partial charge on any atom is 0.416 e. The van der Waals surface area contributed by atoms with Gasteiger partial charge in [-0.15, -0.1) is 0 Å². The average Bonchev–Trinajstić information content (AvgIpc) is 3.53. The Morgan fingerprint density at radius 2 is 1.83 bits per heavy atom. The van der Waals surface area contributed by atoms with Gasteiger partial charge in [0.2, 0.25) is 5.91 Å². The lowest BCUT2D eigenvalue weighted by molar-refractivity contribution is -0.137. The number of hydrogen-bond donors (Lipinski definition) is 3. The summed E-state index contributed by atoms with van der Waals surface area (Å²) in [6.45, 7) is 1.57. The number of imidazole rings is 1. The molecule has 41 heavy (non-hydrogen) atoms. The molecule has 2 fully saturated rings. The fraction of sp³-hybridized carbons (Fsp3) is 0.367. The van der Waals surface area contributed by atoms with Crippen LogP contribution in [0.5, 0.6) is 0 Å². The van der Waals surface area contributed by atoms with Crippen molar-refractivity contribution in [1.29, 1.82) is 0 Å². The smallest absolute Gasteiger partial charge is 0.392 e. The number of aromatic nitrogens is 3. The van der Waals surface area contributed by atoms with Crippen molar-refractivity contribution in [2.45, 2.75) is 63.0 Å². The van der Waals surface area contributed by atoms with E-state index in [2.05, 4.69) is 4.98 Å². The third-order valence-corrected chi connectivity index (χ3v) is 8.54. The van der Waals surface area contributed by atoms with Gasteiger partial charge in [-0.2, -0.15) is 13.2 Å². The Bertz CT molecular complexity index is 1650. The Hall–Kier alpha value is -3.96. The fourth-order valence-corrected chi connectivity index (χ4v) is 6.26. The number of benzene rings is 2. The highest BCUT2D eigenvalue weighted by Crippen LogP contribution is 2.40. The highest BCUT2D eigenvalue weighted by atomic mass is 19.4. The quantitative estimate of drug-likeness (QED) is 0.325. The van der Waals surface area contributed by atoms with Gasteiger partial charge in [-0.3, -0.25) is 9.20 Å². The second-order valence-corrected chi connectivity index (χ2v) is 11.0. The van der Waals surface area contributed by atoms with Crippen LogP contribution in [0.3, 0.4) is 0 Å². The van der Waals surface area contributed by atoms with Crippen LogP contribution in [0.4, 0.5) is 19.0 Å². The molecule has 4 N–H and O–H groups in total. The van der Waals surface area contributed by atoms with E-state index in [-0.39, 0.29) is 29.2 Å². The van der Waals surface area contributed by atoms with Gasteiger partial charge >= 0.3 is 6.18 Å². The van der Waals surface area contributed by atoms with Crippen LogP contribution in [0.15, 0.2) is 54.9 Å². The van der Waals surface area contributed by atoms with Crippen LogP contribution in [-0.2, 0) is 23.2 Å². The van der Waals surface area contributed by atoms with Crippen LogP contribution in [0.25, 0.3) is 16.8 Å². The zero-order valence-electron chi connectivity index (χ0n) is 22.4. The second-order valence-electron chi connectivity index (χ2n) is 11.0. The number of alkyl halides is 3. The molecule has 8 nitrogen and oxygen atoms in total. The van der Waals surface area contributed by atoms with Gasteiger partial charge in [0.25, 0.3) is 0 Å². The first-order valence-corrected chi connectivity index (χ1v) is 13.6. The molecule has 11 heteroatoms. The number of aliphatic hydroxyl groups is 2. The van der Waals surface area contributed by atoms with Crippen LogP contribution < -0.4 is 5.73 Å². The lowest BCUT2D eigenvalue weighted by atomic mass is 9.85. The largest absolute Gasteiger partial charge is 0.416 e. The minimum absolute atomic E-state index is 0.0187.